The molecule has 1 aliphatic heterocycles. The summed E-state index contributed by atoms with van der Waals surface area (Å²) in [4.78, 5) is 0. The number of benzene rings is 1. The van der Waals surface area contributed by atoms with Gasteiger partial charge in [-0.15, -0.1) is 0 Å². The highest BCUT2D eigenvalue weighted by atomic mass is 16.6. The van der Waals surface area contributed by atoms with Gasteiger partial charge in [0.1, 0.15) is 13.2 Å². The number of nitrogens with two attached hydrogens (primary N) is 1. The van der Waals surface area contributed by atoms with Crippen LogP contribution in [0.25, 0.3) is 0 Å². The van der Waals surface area contributed by atoms with Gasteiger partial charge in [-0.3, -0.25) is 5.41 Å². The molecular weight excluding hydrogens is 180 g/mol. The van der Waals surface area contributed by atoms with E-state index in [1.165, 1.54) is 0 Å². The van der Waals surface area contributed by atoms with Crippen LogP contribution in [0.3, 0.4) is 0 Å². The molecule has 1 aromatic rings. The molecule has 0 bridgehead atoms. The molecule has 0 aliphatic carbocycles. The molecule has 0 radical (unpaired) electrons. The van der Waals surface area contributed by atoms with Crippen LogP contribution in [0, 0.1) is 5.41 Å². The Balaban J connectivity index is 2.35. The Morgan fingerprint density at radius 3 is 2.93 bits per heavy atom. The van der Waals surface area contributed by atoms with Crippen molar-refractivity contribution in [3.63, 3.8) is 0 Å². The van der Waals surface area contributed by atoms with E-state index in [4.69, 9.17) is 20.6 Å². The van der Waals surface area contributed by atoms with E-state index in [9.17, 15) is 0 Å². The summed E-state index contributed by atoms with van der Waals surface area (Å²) in [5.74, 6) is 1.61. The summed E-state index contributed by atoms with van der Waals surface area (Å²) in [6.45, 7) is 1.14. The lowest BCUT2D eigenvalue weighted by atomic mass is 10.1. The van der Waals surface area contributed by atoms with Crippen LogP contribution in [0.4, 0.5) is 0 Å². The smallest absolute Gasteiger partial charge is 0.164 e. The molecule has 1 heterocycles. The fourth-order valence-corrected chi connectivity index (χ4v) is 1.48. The third-order valence-corrected chi connectivity index (χ3v) is 2.03. The van der Waals surface area contributed by atoms with Crippen LogP contribution in [-0.4, -0.2) is 19.0 Å². The summed E-state index contributed by atoms with van der Waals surface area (Å²) in [5, 5.41) is 7.23. The molecule has 1 aromatic carbocycles. The highest BCUT2D eigenvalue weighted by molar-refractivity contribution is 5.80. The zero-order valence-electron chi connectivity index (χ0n) is 7.75. The summed E-state index contributed by atoms with van der Waals surface area (Å²) in [5.41, 5.74) is 6.26. The Bertz CT molecular complexity index is 363. The number of amidine groups is 1. The standard InChI is InChI=1S/C10H12N2O2/c11-9(12)6-7-2-1-3-8-10(7)14-5-4-13-8/h1-3H,4-6H2,(H3,11,12). The molecule has 14 heavy (non-hydrogen) atoms. The first-order valence-electron chi connectivity index (χ1n) is 4.48. The third-order valence-electron chi connectivity index (χ3n) is 2.03. The van der Waals surface area contributed by atoms with E-state index >= 15 is 0 Å². The van der Waals surface area contributed by atoms with Crippen molar-refractivity contribution < 1.29 is 9.47 Å². The van der Waals surface area contributed by atoms with E-state index in [2.05, 4.69) is 0 Å². The van der Waals surface area contributed by atoms with Crippen molar-refractivity contribution in [1.29, 1.82) is 5.41 Å². The van der Waals surface area contributed by atoms with Crippen molar-refractivity contribution in [2.24, 2.45) is 5.73 Å². The molecule has 4 nitrogen and oxygen atoms in total. The van der Waals surface area contributed by atoms with Gasteiger partial charge in [0.25, 0.3) is 0 Å². The topological polar surface area (TPSA) is 68.3 Å². The second-order valence-electron chi connectivity index (χ2n) is 3.14. The molecule has 3 N–H and O–H groups in total. The molecule has 1 aliphatic rings. The minimum atomic E-state index is 0.132. The van der Waals surface area contributed by atoms with Gasteiger partial charge in [-0.1, -0.05) is 12.1 Å². The molecule has 0 atom stereocenters. The van der Waals surface area contributed by atoms with Crippen LogP contribution >= 0.6 is 0 Å². The fourth-order valence-electron chi connectivity index (χ4n) is 1.48. The van der Waals surface area contributed by atoms with Gasteiger partial charge in [-0.05, 0) is 6.07 Å². The minimum absolute atomic E-state index is 0.132. The minimum Gasteiger partial charge on any atom is -0.486 e. The average Bonchev–Trinajstić information content (AvgIpc) is 2.18. The van der Waals surface area contributed by atoms with Crippen LogP contribution in [0.1, 0.15) is 5.56 Å². The van der Waals surface area contributed by atoms with E-state index < -0.39 is 0 Å². The molecule has 0 fully saturated rings. The molecule has 0 aromatic heterocycles. The molecule has 2 rings (SSSR count). The maximum Gasteiger partial charge on any atom is 0.164 e. The molecule has 0 spiro atoms. The van der Waals surface area contributed by atoms with Gasteiger partial charge < -0.3 is 15.2 Å². The van der Waals surface area contributed by atoms with E-state index in [1.54, 1.807) is 0 Å². The lowest BCUT2D eigenvalue weighted by Gasteiger charge is -2.20. The van der Waals surface area contributed by atoms with Crippen LogP contribution in [0.2, 0.25) is 0 Å². The summed E-state index contributed by atoms with van der Waals surface area (Å²) < 4.78 is 10.9. The van der Waals surface area contributed by atoms with Gasteiger partial charge in [0, 0.05) is 12.0 Å². The van der Waals surface area contributed by atoms with Crippen molar-refractivity contribution >= 4 is 5.84 Å². The Hall–Kier alpha value is -1.71. The number of hydrogen-bond donors (Lipinski definition) is 2. The molecule has 4 heteroatoms. The first-order chi connectivity index (χ1) is 6.77. The quantitative estimate of drug-likeness (QED) is 0.541. The van der Waals surface area contributed by atoms with Crippen molar-refractivity contribution in [1.82, 2.24) is 0 Å². The average molecular weight is 192 g/mol. The van der Waals surface area contributed by atoms with E-state index in [0.717, 1.165) is 17.1 Å². The highest BCUT2D eigenvalue weighted by Crippen LogP contribution is 2.33. The summed E-state index contributed by atoms with van der Waals surface area (Å²) in [7, 11) is 0. The van der Waals surface area contributed by atoms with Gasteiger partial charge >= 0.3 is 0 Å². The van der Waals surface area contributed by atoms with Gasteiger partial charge in [0.2, 0.25) is 0 Å². The number of para-hydroxylation sites is 1. The van der Waals surface area contributed by atoms with Crippen LogP contribution in [0.5, 0.6) is 11.5 Å². The predicted molar refractivity (Wildman–Crippen MR) is 53.1 cm³/mol. The fraction of sp³-hybridized carbons (Fsp3) is 0.300. The molecule has 0 amide bonds. The Morgan fingerprint density at radius 2 is 2.14 bits per heavy atom. The number of fused-ring (bicyclic) bond motifs is 1. The first-order valence-corrected chi connectivity index (χ1v) is 4.48. The molecular formula is C10H12N2O2. The summed E-state index contributed by atoms with van der Waals surface area (Å²) in [6.07, 6.45) is 0.409. The van der Waals surface area contributed by atoms with Crippen molar-refractivity contribution in [3.05, 3.63) is 23.8 Å². The maximum atomic E-state index is 7.23. The second kappa shape index (κ2) is 3.57. The van der Waals surface area contributed by atoms with Gasteiger partial charge in [-0.2, -0.15) is 0 Å². The van der Waals surface area contributed by atoms with Crippen molar-refractivity contribution in [2.45, 2.75) is 6.42 Å². The predicted octanol–water partition coefficient (Wildman–Crippen LogP) is 0.936. The van der Waals surface area contributed by atoms with E-state index in [0.29, 0.717) is 19.6 Å². The summed E-state index contributed by atoms with van der Waals surface area (Å²) >= 11 is 0. The zero-order valence-corrected chi connectivity index (χ0v) is 7.75. The van der Waals surface area contributed by atoms with Crippen molar-refractivity contribution in [3.8, 4) is 11.5 Å². The largest absolute Gasteiger partial charge is 0.486 e. The lowest BCUT2D eigenvalue weighted by molar-refractivity contribution is 0.170. The summed E-state index contributed by atoms with van der Waals surface area (Å²) in [6, 6.07) is 5.64. The molecule has 0 unspecified atom stereocenters. The number of ether oxygens (including phenoxy) is 2. The second-order valence-corrected chi connectivity index (χ2v) is 3.14. The maximum absolute atomic E-state index is 7.23. The van der Waals surface area contributed by atoms with Gasteiger partial charge in [0.05, 0.1) is 5.84 Å². The normalized spacial score (nSPS) is 13.7. The Kier molecular flexibility index (Phi) is 2.26. The monoisotopic (exact) mass is 192 g/mol. The van der Waals surface area contributed by atoms with Crippen LogP contribution < -0.4 is 15.2 Å². The number of nitrogens with one attached hydrogen (secondary N) is 1. The van der Waals surface area contributed by atoms with Gasteiger partial charge in [-0.25, -0.2) is 0 Å². The van der Waals surface area contributed by atoms with Crippen LogP contribution in [-0.2, 0) is 6.42 Å². The molecule has 0 saturated carbocycles. The zero-order chi connectivity index (χ0) is 9.97. The van der Waals surface area contributed by atoms with E-state index in [1.807, 2.05) is 18.2 Å². The number of rotatable bonds is 2. The molecule has 74 valence electrons. The van der Waals surface area contributed by atoms with Crippen LogP contribution in [0.15, 0.2) is 18.2 Å². The Morgan fingerprint density at radius 1 is 1.36 bits per heavy atom. The molecule has 0 saturated heterocycles. The SMILES string of the molecule is N=C(N)Cc1cccc2c1OCCO2. The third kappa shape index (κ3) is 1.64. The highest BCUT2D eigenvalue weighted by Gasteiger charge is 2.15. The van der Waals surface area contributed by atoms with Crippen molar-refractivity contribution in [2.75, 3.05) is 13.2 Å². The first kappa shape index (κ1) is 8.87. The van der Waals surface area contributed by atoms with E-state index in [-0.39, 0.29) is 5.84 Å². The lowest BCUT2D eigenvalue weighted by Crippen LogP contribution is -2.19. The van der Waals surface area contributed by atoms with Gasteiger partial charge in [0.15, 0.2) is 11.5 Å². The Labute approximate surface area is 82.1 Å². The number of hydrogen-bond acceptors (Lipinski definition) is 3.